The first-order valence-electron chi connectivity index (χ1n) is 8.12. The van der Waals surface area contributed by atoms with E-state index in [1.165, 1.54) is 28.4 Å². The number of rotatable bonds is 6. The second kappa shape index (κ2) is 6.36. The Morgan fingerprint density at radius 3 is 3.00 bits per heavy atom. The summed E-state index contributed by atoms with van der Waals surface area (Å²) in [6.07, 6.45) is 0.615. The highest BCUT2D eigenvalue weighted by molar-refractivity contribution is 7.99. The third-order valence-corrected chi connectivity index (χ3v) is 6.00. The normalized spacial score (nSPS) is 26.6. The second-order valence-electron chi connectivity index (χ2n) is 6.39. The van der Waals surface area contributed by atoms with E-state index in [1.807, 2.05) is 0 Å². The largest absolute Gasteiger partial charge is 0.477 e. The van der Waals surface area contributed by atoms with Gasteiger partial charge in [0.15, 0.2) is 0 Å². The van der Waals surface area contributed by atoms with Crippen LogP contribution in [0.5, 0.6) is 0 Å². The van der Waals surface area contributed by atoms with E-state index in [1.54, 1.807) is 0 Å². The molecule has 1 aromatic heterocycles. The summed E-state index contributed by atoms with van der Waals surface area (Å²) in [6.45, 7) is 0.685. The number of nitrogens with one attached hydrogen (secondary N) is 2. The van der Waals surface area contributed by atoms with Crippen molar-refractivity contribution in [2.24, 2.45) is 5.92 Å². The van der Waals surface area contributed by atoms with Crippen molar-refractivity contribution >= 4 is 29.5 Å². The van der Waals surface area contributed by atoms with E-state index in [0.29, 0.717) is 29.4 Å². The fraction of sp³-hybridized carbons (Fsp3) is 0.571. The average molecular weight is 379 g/mol. The van der Waals surface area contributed by atoms with Gasteiger partial charge in [0.1, 0.15) is 18.3 Å². The Balaban J connectivity index is 1.54. The molecular weight excluding hydrogens is 362 g/mol. The lowest BCUT2D eigenvalue weighted by atomic mass is 9.80. The number of likely N-dealkylation sites (N-methyl/N-ethyl adjacent to an activating group) is 1. The molecule has 1 aromatic rings. The summed E-state index contributed by atoms with van der Waals surface area (Å²) in [4.78, 5) is 36.9. The number of aromatic nitrogens is 4. The summed E-state index contributed by atoms with van der Waals surface area (Å²) in [7, 11) is 1.52. The van der Waals surface area contributed by atoms with Crippen LogP contribution in [-0.2, 0) is 20.9 Å². The zero-order chi connectivity index (χ0) is 18.4. The number of carbonyl (C=O) groups excluding carboxylic acids is 2. The van der Waals surface area contributed by atoms with Crippen LogP contribution in [0.15, 0.2) is 16.4 Å². The van der Waals surface area contributed by atoms with Crippen molar-refractivity contribution in [1.82, 2.24) is 35.7 Å². The third kappa shape index (κ3) is 2.56. The minimum Gasteiger partial charge on any atom is -0.477 e. The van der Waals surface area contributed by atoms with Crippen molar-refractivity contribution in [1.29, 1.82) is 0 Å². The number of amides is 2. The highest BCUT2D eigenvalue weighted by Gasteiger charge is 2.59. The van der Waals surface area contributed by atoms with Gasteiger partial charge < -0.3 is 15.7 Å². The monoisotopic (exact) mass is 379 g/mol. The second-order valence-corrected chi connectivity index (χ2v) is 7.33. The molecule has 12 heteroatoms. The van der Waals surface area contributed by atoms with Gasteiger partial charge in [0.25, 0.3) is 0 Å². The Labute approximate surface area is 152 Å². The fourth-order valence-corrected chi connectivity index (χ4v) is 4.69. The van der Waals surface area contributed by atoms with Crippen molar-refractivity contribution in [3.63, 3.8) is 0 Å². The maximum atomic E-state index is 12.2. The number of hydrogen-bond acceptors (Lipinski definition) is 8. The Morgan fingerprint density at radius 2 is 2.27 bits per heavy atom. The van der Waals surface area contributed by atoms with Gasteiger partial charge in [-0.15, -0.1) is 5.10 Å². The summed E-state index contributed by atoms with van der Waals surface area (Å²) in [5.74, 6) is -0.949. The lowest BCUT2D eigenvalue weighted by molar-refractivity contribution is -0.153. The van der Waals surface area contributed by atoms with Gasteiger partial charge >= 0.3 is 5.97 Å². The maximum Gasteiger partial charge on any atom is 0.352 e. The van der Waals surface area contributed by atoms with Crippen molar-refractivity contribution in [2.45, 2.75) is 30.2 Å². The summed E-state index contributed by atoms with van der Waals surface area (Å²) in [6, 6.07) is -0.302. The Kier molecular flexibility index (Phi) is 4.15. The van der Waals surface area contributed by atoms with Gasteiger partial charge in [0.2, 0.25) is 17.0 Å². The summed E-state index contributed by atoms with van der Waals surface area (Å²) >= 11 is 1.26. The zero-order valence-electron chi connectivity index (χ0n) is 13.9. The van der Waals surface area contributed by atoms with Crippen LogP contribution in [0.3, 0.4) is 0 Å². The molecule has 0 unspecified atom stereocenters. The molecule has 0 saturated carbocycles. The Hall–Kier alpha value is -2.47. The molecule has 0 radical (unpaired) electrons. The molecule has 0 bridgehead atoms. The molecule has 0 spiro atoms. The number of thioether (sulfide) groups is 1. The van der Waals surface area contributed by atoms with E-state index in [-0.39, 0.29) is 42.1 Å². The standard InChI is InChI=1S/C14H17N7O4S/c1-15-8(22)4-20-14(17-18-19-20)26-5-7-2-6-3-16-9-10(6)21(12(9)23)11(7)13(24)25/h6,9-10,16H,2-5H2,1H3,(H,15,22)(H,24,25)/t6-,9+,10-/m1/s1. The molecule has 4 rings (SSSR count). The predicted molar refractivity (Wildman–Crippen MR) is 87.8 cm³/mol. The van der Waals surface area contributed by atoms with Gasteiger partial charge in [-0.25, -0.2) is 9.48 Å². The number of tetrazole rings is 1. The molecule has 3 aliphatic heterocycles. The molecule has 2 amide bonds. The van der Waals surface area contributed by atoms with E-state index < -0.39 is 5.97 Å². The van der Waals surface area contributed by atoms with E-state index in [2.05, 4.69) is 26.2 Å². The number of hydrogen-bond donors (Lipinski definition) is 3. The van der Waals surface area contributed by atoms with Gasteiger partial charge in [-0.1, -0.05) is 11.8 Å². The lowest BCUT2D eigenvalue weighted by Gasteiger charge is -2.48. The number of carboxylic acids is 1. The van der Waals surface area contributed by atoms with Gasteiger partial charge in [0, 0.05) is 19.3 Å². The number of carboxylic acid groups (broad SMARTS) is 1. The van der Waals surface area contributed by atoms with E-state index in [4.69, 9.17) is 0 Å². The van der Waals surface area contributed by atoms with Crippen LogP contribution < -0.4 is 10.6 Å². The van der Waals surface area contributed by atoms with Gasteiger partial charge in [-0.3, -0.25) is 14.5 Å². The quantitative estimate of drug-likeness (QED) is 0.380. The highest BCUT2D eigenvalue weighted by atomic mass is 32.2. The molecule has 2 fully saturated rings. The molecule has 2 saturated heterocycles. The fourth-order valence-electron chi connectivity index (χ4n) is 3.78. The predicted octanol–water partition coefficient (Wildman–Crippen LogP) is -1.95. The topological polar surface area (TPSA) is 142 Å². The van der Waals surface area contributed by atoms with Gasteiger partial charge in [-0.2, -0.15) is 0 Å². The van der Waals surface area contributed by atoms with Crippen LogP contribution in [0.1, 0.15) is 6.42 Å². The van der Waals surface area contributed by atoms with Gasteiger partial charge in [-0.05, 0) is 28.3 Å². The first kappa shape index (κ1) is 17.0. The van der Waals surface area contributed by atoms with Crippen molar-refractivity contribution in [3.05, 3.63) is 11.3 Å². The van der Waals surface area contributed by atoms with E-state index in [9.17, 15) is 19.5 Å². The molecule has 4 heterocycles. The minimum absolute atomic E-state index is 0.0163. The SMILES string of the molecule is CNC(=O)Cn1nnnc1SCC1=C(C(=O)O)N2C(=O)[C@H]3NC[C@@H](C1)[C@H]32. The minimum atomic E-state index is -1.09. The number of carbonyl (C=O) groups is 3. The number of nitrogens with zero attached hydrogens (tertiary/aromatic N) is 5. The molecular formula is C14H17N7O4S. The van der Waals surface area contributed by atoms with Crippen LogP contribution in [-0.4, -0.2) is 79.4 Å². The van der Waals surface area contributed by atoms with Gasteiger partial charge in [0.05, 0.1) is 6.04 Å². The van der Waals surface area contributed by atoms with Crippen molar-refractivity contribution < 1.29 is 19.5 Å². The van der Waals surface area contributed by atoms with E-state index in [0.717, 1.165) is 0 Å². The smallest absolute Gasteiger partial charge is 0.352 e. The van der Waals surface area contributed by atoms with Crippen molar-refractivity contribution in [2.75, 3.05) is 19.3 Å². The Morgan fingerprint density at radius 1 is 1.46 bits per heavy atom. The highest BCUT2D eigenvalue weighted by Crippen LogP contribution is 2.44. The lowest BCUT2D eigenvalue weighted by Crippen LogP contribution is -2.68. The number of β-lactam (4-membered cyclic amide) rings is 1. The van der Waals surface area contributed by atoms with Crippen LogP contribution in [0, 0.1) is 5.92 Å². The average Bonchev–Trinajstić information content (AvgIpc) is 3.22. The summed E-state index contributed by atoms with van der Waals surface area (Å²) < 4.78 is 1.36. The first-order chi connectivity index (χ1) is 12.5. The van der Waals surface area contributed by atoms with Crippen LogP contribution >= 0.6 is 11.8 Å². The molecule has 0 aliphatic carbocycles. The van der Waals surface area contributed by atoms with Crippen molar-refractivity contribution in [3.8, 4) is 0 Å². The molecule has 0 aromatic carbocycles. The molecule has 11 nitrogen and oxygen atoms in total. The third-order valence-electron chi connectivity index (χ3n) is 4.96. The van der Waals surface area contributed by atoms with Crippen LogP contribution in [0.4, 0.5) is 0 Å². The maximum absolute atomic E-state index is 12.2. The van der Waals surface area contributed by atoms with Crippen LogP contribution in [0.2, 0.25) is 0 Å². The molecule has 26 heavy (non-hydrogen) atoms. The van der Waals surface area contributed by atoms with Crippen LogP contribution in [0.25, 0.3) is 0 Å². The summed E-state index contributed by atoms with van der Waals surface area (Å²) in [5, 5.41) is 26.9. The number of aliphatic carboxylic acids is 1. The summed E-state index contributed by atoms with van der Waals surface area (Å²) in [5.41, 5.74) is 0.766. The Bertz CT molecular complexity index is 822. The molecule has 3 aliphatic rings. The zero-order valence-corrected chi connectivity index (χ0v) is 14.7. The molecule has 3 N–H and O–H groups in total. The molecule has 138 valence electrons. The van der Waals surface area contributed by atoms with E-state index >= 15 is 0 Å². The first-order valence-corrected chi connectivity index (χ1v) is 9.11. The molecule has 3 atom stereocenters.